The van der Waals surface area contributed by atoms with Gasteiger partial charge in [0, 0.05) is 22.9 Å². The molecule has 10 nitrogen and oxygen atoms in total. The topological polar surface area (TPSA) is 139 Å². The number of urea groups is 2. The molecule has 0 saturated carbocycles. The number of nitrogens with zero attached hydrogens (tertiary/aromatic N) is 1. The second kappa shape index (κ2) is 7.32. The number of ether oxygens (including phenoxy) is 1. The monoisotopic (exact) mass is 529 g/mol. The molecule has 3 aromatic carbocycles. The molecule has 2 spiro atoms. The maximum atomic E-state index is 13.2. The lowest BCUT2D eigenvalue weighted by Gasteiger charge is -2.23. The molecule has 10 heteroatoms. The van der Waals surface area contributed by atoms with E-state index in [2.05, 4.69) is 21.3 Å². The second-order valence-corrected chi connectivity index (χ2v) is 10.2. The summed E-state index contributed by atoms with van der Waals surface area (Å²) >= 11 is 0. The van der Waals surface area contributed by atoms with Crippen LogP contribution in [0.25, 0.3) is 33.4 Å². The predicted octanol–water partition coefficient (Wildman–Crippen LogP) is 2.88. The minimum absolute atomic E-state index is 0.437. The van der Waals surface area contributed by atoms with Gasteiger partial charge < -0.3 is 15.4 Å². The summed E-state index contributed by atoms with van der Waals surface area (Å²) in [5.74, 6) is -0.280. The maximum absolute atomic E-state index is 13.2. The third-order valence-corrected chi connectivity index (χ3v) is 8.28. The number of imide groups is 2. The first-order valence-electron chi connectivity index (χ1n) is 12.6. The van der Waals surface area contributed by atoms with Gasteiger partial charge in [0.25, 0.3) is 11.8 Å². The van der Waals surface area contributed by atoms with Crippen LogP contribution in [0.4, 0.5) is 9.59 Å². The fourth-order valence-electron chi connectivity index (χ4n) is 6.56. The SMILES string of the molecule is COc1ccc2c(c1)-c1cc(-c3cnc4c(c3)-c3ccccc3C43NC(=O)NC3=O)ccc1C21NC(=O)NC1=O. The number of amides is 6. The van der Waals surface area contributed by atoms with Crippen LogP contribution < -0.4 is 26.0 Å². The molecule has 2 aliphatic heterocycles. The van der Waals surface area contributed by atoms with Crippen LogP contribution in [0, 0.1) is 0 Å². The van der Waals surface area contributed by atoms with Gasteiger partial charge in [-0.25, -0.2) is 9.59 Å². The number of hydrogen-bond acceptors (Lipinski definition) is 6. The number of benzene rings is 3. The minimum atomic E-state index is -1.38. The Bertz CT molecular complexity index is 1900. The molecule has 194 valence electrons. The molecule has 2 atom stereocenters. The summed E-state index contributed by atoms with van der Waals surface area (Å²) in [5, 5.41) is 10.4. The lowest BCUT2D eigenvalue weighted by Crippen LogP contribution is -2.43. The quantitative estimate of drug-likeness (QED) is 0.295. The highest BCUT2D eigenvalue weighted by Crippen LogP contribution is 2.52. The van der Waals surface area contributed by atoms with Crippen molar-refractivity contribution in [1.29, 1.82) is 0 Å². The van der Waals surface area contributed by atoms with E-state index in [1.54, 1.807) is 25.4 Å². The molecule has 4 N–H and O–H groups in total. The van der Waals surface area contributed by atoms with E-state index in [0.717, 1.165) is 33.4 Å². The van der Waals surface area contributed by atoms with Crippen LogP contribution in [0.5, 0.6) is 5.75 Å². The molecule has 6 amide bonds. The molecular weight excluding hydrogens is 510 g/mol. The zero-order chi connectivity index (χ0) is 27.4. The standard InChI is InChI=1S/C30H19N5O5/c1-40-16-7-9-23-19(12-16)18-10-14(6-8-22(18)29(23)25(36)32-27(38)34-29)15-11-20-17-4-2-3-5-21(17)30(24(20)31-13-15)26(37)33-28(39)35-30/h2-13H,1H3,(H2,32,34,36,38)(H2,33,35,37,39). The van der Waals surface area contributed by atoms with Crippen molar-refractivity contribution in [2.24, 2.45) is 0 Å². The molecule has 4 aromatic rings. The molecule has 0 radical (unpaired) electrons. The van der Waals surface area contributed by atoms with Gasteiger partial charge in [-0.3, -0.25) is 25.2 Å². The first-order valence-corrected chi connectivity index (χ1v) is 12.6. The summed E-state index contributed by atoms with van der Waals surface area (Å²) < 4.78 is 5.45. The van der Waals surface area contributed by atoms with E-state index in [9.17, 15) is 19.2 Å². The van der Waals surface area contributed by atoms with Gasteiger partial charge in [0.1, 0.15) is 5.75 Å². The number of hydrogen-bond donors (Lipinski definition) is 4. The van der Waals surface area contributed by atoms with Crippen LogP contribution in [-0.4, -0.2) is 36.0 Å². The number of nitrogens with one attached hydrogen (secondary N) is 4. The zero-order valence-electron chi connectivity index (χ0n) is 20.9. The van der Waals surface area contributed by atoms with E-state index in [-0.39, 0.29) is 0 Å². The van der Waals surface area contributed by atoms with E-state index in [4.69, 9.17) is 9.72 Å². The summed E-state index contributed by atoms with van der Waals surface area (Å²) in [4.78, 5) is 55.4. The highest BCUT2D eigenvalue weighted by atomic mass is 16.5. The predicted molar refractivity (Wildman–Crippen MR) is 142 cm³/mol. The summed E-state index contributed by atoms with van der Waals surface area (Å²) in [5.41, 5.74) is 4.45. The minimum Gasteiger partial charge on any atom is -0.497 e. The molecule has 40 heavy (non-hydrogen) atoms. The van der Waals surface area contributed by atoms with Crippen molar-refractivity contribution < 1.29 is 23.9 Å². The van der Waals surface area contributed by atoms with Crippen LogP contribution in [0.1, 0.15) is 22.4 Å². The Morgan fingerprint density at radius 3 is 1.98 bits per heavy atom. The fourth-order valence-corrected chi connectivity index (χ4v) is 6.56. The lowest BCUT2D eigenvalue weighted by atomic mass is 9.87. The van der Waals surface area contributed by atoms with Crippen LogP contribution in [0.2, 0.25) is 0 Å². The van der Waals surface area contributed by atoms with Crippen molar-refractivity contribution in [3.8, 4) is 39.1 Å². The van der Waals surface area contributed by atoms with Crippen molar-refractivity contribution in [1.82, 2.24) is 26.3 Å². The average Bonchev–Trinajstić information content (AvgIpc) is 3.63. The number of carbonyl (C=O) groups is 4. The van der Waals surface area contributed by atoms with Gasteiger partial charge in [0.05, 0.1) is 12.8 Å². The molecule has 4 aliphatic rings. The highest BCUT2D eigenvalue weighted by Gasteiger charge is 2.57. The second-order valence-electron chi connectivity index (χ2n) is 10.2. The van der Waals surface area contributed by atoms with E-state index in [1.165, 1.54) is 0 Å². The largest absolute Gasteiger partial charge is 0.497 e. The number of fused-ring (bicyclic) bond motifs is 10. The molecule has 2 aliphatic carbocycles. The molecule has 3 heterocycles. The van der Waals surface area contributed by atoms with Crippen molar-refractivity contribution in [2.45, 2.75) is 11.1 Å². The van der Waals surface area contributed by atoms with Gasteiger partial charge >= 0.3 is 12.1 Å². The molecule has 2 saturated heterocycles. The normalized spacial score (nSPS) is 22.8. The van der Waals surface area contributed by atoms with Crippen molar-refractivity contribution in [3.63, 3.8) is 0 Å². The number of rotatable bonds is 2. The Labute approximate surface area is 226 Å². The van der Waals surface area contributed by atoms with Crippen molar-refractivity contribution in [2.75, 3.05) is 7.11 Å². The first kappa shape index (κ1) is 22.5. The Morgan fingerprint density at radius 1 is 0.650 bits per heavy atom. The fraction of sp³-hybridized carbons (Fsp3) is 0.100. The number of carbonyl (C=O) groups excluding carboxylic acids is 4. The van der Waals surface area contributed by atoms with Crippen LogP contribution in [0.3, 0.4) is 0 Å². The first-order chi connectivity index (χ1) is 19.4. The molecule has 1 aromatic heterocycles. The van der Waals surface area contributed by atoms with Crippen molar-refractivity contribution >= 4 is 23.9 Å². The van der Waals surface area contributed by atoms with Crippen LogP contribution >= 0.6 is 0 Å². The molecule has 2 fully saturated rings. The lowest BCUT2D eigenvalue weighted by molar-refractivity contribution is -0.123. The zero-order valence-corrected chi connectivity index (χ0v) is 20.9. The van der Waals surface area contributed by atoms with E-state index in [1.807, 2.05) is 54.6 Å². The average molecular weight is 530 g/mol. The van der Waals surface area contributed by atoms with Gasteiger partial charge in [-0.15, -0.1) is 0 Å². The van der Waals surface area contributed by atoms with E-state index in [0.29, 0.717) is 28.1 Å². The van der Waals surface area contributed by atoms with Gasteiger partial charge in [-0.2, -0.15) is 0 Å². The van der Waals surface area contributed by atoms with Gasteiger partial charge in [0.2, 0.25) is 0 Å². The van der Waals surface area contributed by atoms with Crippen molar-refractivity contribution in [3.05, 3.63) is 95.3 Å². The maximum Gasteiger partial charge on any atom is 0.322 e. The van der Waals surface area contributed by atoms with Gasteiger partial charge in [-0.1, -0.05) is 42.5 Å². The van der Waals surface area contributed by atoms with E-state index >= 15 is 0 Å². The Balaban J connectivity index is 1.32. The van der Waals surface area contributed by atoms with Crippen LogP contribution in [-0.2, 0) is 20.7 Å². The Morgan fingerprint density at radius 2 is 1.27 bits per heavy atom. The van der Waals surface area contributed by atoms with Gasteiger partial charge in [0.15, 0.2) is 11.1 Å². The Hall–Kier alpha value is -5.51. The summed E-state index contributed by atoms with van der Waals surface area (Å²) in [6.45, 7) is 0. The summed E-state index contributed by atoms with van der Waals surface area (Å²) in [6.07, 6.45) is 1.67. The Kier molecular flexibility index (Phi) is 4.11. The summed E-state index contributed by atoms with van der Waals surface area (Å²) in [6, 6.07) is 19.4. The third kappa shape index (κ3) is 2.55. The molecular formula is C30H19N5O5. The van der Waals surface area contributed by atoms with Gasteiger partial charge in [-0.05, 0) is 57.6 Å². The summed E-state index contributed by atoms with van der Waals surface area (Å²) in [7, 11) is 1.57. The number of pyridine rings is 1. The molecule has 8 rings (SSSR count). The molecule has 0 bridgehead atoms. The molecule has 2 unspecified atom stereocenters. The number of aromatic nitrogens is 1. The smallest absolute Gasteiger partial charge is 0.322 e. The highest BCUT2D eigenvalue weighted by molar-refractivity contribution is 6.14. The number of methoxy groups -OCH3 is 1. The third-order valence-electron chi connectivity index (χ3n) is 8.28. The van der Waals surface area contributed by atoms with E-state index < -0.39 is 35.0 Å². The van der Waals surface area contributed by atoms with Crippen LogP contribution in [0.15, 0.2) is 72.9 Å².